The standard InChI is InChI=1S/C7H6N2.C6H4S2/c8-5-6-3-1-2-4-7(6)9;1-3-7-6-2-4-8-5(1)6/h1-4H,9H2;1-4H. The molecule has 0 saturated heterocycles. The van der Waals surface area contributed by atoms with E-state index in [2.05, 4.69) is 22.9 Å². The maximum atomic E-state index is 8.39. The van der Waals surface area contributed by atoms with Crippen molar-refractivity contribution in [2.45, 2.75) is 0 Å². The Bertz CT molecular complexity index is 595. The molecule has 0 amide bonds. The summed E-state index contributed by atoms with van der Waals surface area (Å²) in [5, 5.41) is 12.6. The van der Waals surface area contributed by atoms with Gasteiger partial charge in [-0.15, -0.1) is 22.7 Å². The monoisotopic (exact) mass is 258 g/mol. The van der Waals surface area contributed by atoms with Crippen molar-refractivity contribution >= 4 is 37.8 Å². The van der Waals surface area contributed by atoms with E-state index in [9.17, 15) is 0 Å². The van der Waals surface area contributed by atoms with Gasteiger partial charge in [0.25, 0.3) is 0 Å². The Balaban J connectivity index is 0.000000127. The number of fused-ring (bicyclic) bond motifs is 1. The molecule has 0 atom stereocenters. The molecular formula is C13H10N2S2. The van der Waals surface area contributed by atoms with Crippen molar-refractivity contribution in [3.63, 3.8) is 0 Å². The molecule has 0 aliphatic heterocycles. The molecule has 0 unspecified atom stereocenters. The summed E-state index contributed by atoms with van der Waals surface area (Å²) in [6.45, 7) is 0. The number of nitrogen functional groups attached to an aromatic ring is 1. The summed E-state index contributed by atoms with van der Waals surface area (Å²) in [7, 11) is 0. The van der Waals surface area contributed by atoms with Gasteiger partial charge in [-0.25, -0.2) is 0 Å². The highest BCUT2D eigenvalue weighted by Crippen LogP contribution is 2.25. The largest absolute Gasteiger partial charge is 0.398 e. The first-order valence-corrected chi connectivity index (χ1v) is 6.72. The smallest absolute Gasteiger partial charge is 0.101 e. The van der Waals surface area contributed by atoms with Gasteiger partial charge in [0.1, 0.15) is 6.07 Å². The lowest BCUT2D eigenvalue weighted by Gasteiger charge is -1.91. The third kappa shape index (κ3) is 2.84. The zero-order valence-electron chi connectivity index (χ0n) is 8.96. The molecule has 1 aromatic carbocycles. The van der Waals surface area contributed by atoms with Crippen molar-refractivity contribution in [2.24, 2.45) is 0 Å². The van der Waals surface area contributed by atoms with Crippen LogP contribution in [0.1, 0.15) is 5.56 Å². The molecule has 3 rings (SSSR count). The molecule has 0 spiro atoms. The van der Waals surface area contributed by atoms with E-state index in [1.54, 1.807) is 46.9 Å². The van der Waals surface area contributed by atoms with Crippen LogP contribution in [-0.4, -0.2) is 0 Å². The topological polar surface area (TPSA) is 49.8 Å². The van der Waals surface area contributed by atoms with Gasteiger partial charge in [-0.3, -0.25) is 0 Å². The third-order valence-corrected chi connectivity index (χ3v) is 4.05. The summed E-state index contributed by atoms with van der Waals surface area (Å²) < 4.78 is 2.82. The van der Waals surface area contributed by atoms with E-state index in [1.807, 2.05) is 6.07 Å². The minimum Gasteiger partial charge on any atom is -0.398 e. The van der Waals surface area contributed by atoms with Crippen LogP contribution >= 0.6 is 22.7 Å². The predicted molar refractivity (Wildman–Crippen MR) is 75.3 cm³/mol. The van der Waals surface area contributed by atoms with Crippen molar-refractivity contribution in [3.05, 3.63) is 52.7 Å². The number of hydrogen-bond acceptors (Lipinski definition) is 4. The first kappa shape index (κ1) is 11.6. The number of benzene rings is 1. The van der Waals surface area contributed by atoms with Crippen molar-refractivity contribution in [1.82, 2.24) is 0 Å². The van der Waals surface area contributed by atoms with E-state index in [0.29, 0.717) is 11.3 Å². The van der Waals surface area contributed by atoms with E-state index in [1.165, 1.54) is 9.40 Å². The molecule has 0 bridgehead atoms. The lowest BCUT2D eigenvalue weighted by Crippen LogP contribution is -1.87. The number of nitrogens with two attached hydrogens (primary N) is 1. The SMILES string of the molecule is N#Cc1ccccc1N.c1cc2sccc2s1. The van der Waals surface area contributed by atoms with Gasteiger partial charge in [0.2, 0.25) is 0 Å². The molecule has 84 valence electrons. The van der Waals surface area contributed by atoms with Crippen molar-refractivity contribution in [1.29, 1.82) is 5.26 Å². The highest BCUT2D eigenvalue weighted by Gasteiger charge is 1.91. The Morgan fingerprint density at radius 1 is 0.941 bits per heavy atom. The van der Waals surface area contributed by atoms with E-state index in [4.69, 9.17) is 11.0 Å². The summed E-state index contributed by atoms with van der Waals surface area (Å²) in [5.41, 5.74) is 6.49. The fraction of sp³-hybridized carbons (Fsp3) is 0. The molecule has 0 aliphatic carbocycles. The van der Waals surface area contributed by atoms with Crippen LogP contribution in [0.4, 0.5) is 5.69 Å². The lowest BCUT2D eigenvalue weighted by molar-refractivity contribution is 1.48. The molecule has 0 saturated carbocycles. The number of nitrogens with zero attached hydrogens (tertiary/aromatic N) is 1. The summed E-state index contributed by atoms with van der Waals surface area (Å²) >= 11 is 3.61. The molecule has 2 aromatic heterocycles. The summed E-state index contributed by atoms with van der Waals surface area (Å²) in [6, 6.07) is 13.3. The fourth-order valence-corrected chi connectivity index (χ4v) is 3.12. The van der Waals surface area contributed by atoms with E-state index in [-0.39, 0.29) is 0 Å². The van der Waals surface area contributed by atoms with Crippen molar-refractivity contribution in [3.8, 4) is 6.07 Å². The highest BCUT2D eigenvalue weighted by molar-refractivity contribution is 7.25. The average Bonchev–Trinajstić information content (AvgIpc) is 2.93. The molecule has 0 fully saturated rings. The van der Waals surface area contributed by atoms with E-state index < -0.39 is 0 Å². The van der Waals surface area contributed by atoms with Gasteiger partial charge in [0.05, 0.1) is 5.56 Å². The molecule has 4 heteroatoms. The number of anilines is 1. The molecule has 0 aliphatic rings. The average molecular weight is 258 g/mol. The Labute approximate surface area is 108 Å². The first-order chi connectivity index (χ1) is 8.31. The second kappa shape index (κ2) is 5.48. The van der Waals surface area contributed by atoms with Gasteiger partial charge in [-0.05, 0) is 35.0 Å². The Morgan fingerprint density at radius 2 is 1.53 bits per heavy atom. The van der Waals surface area contributed by atoms with Gasteiger partial charge in [0.15, 0.2) is 0 Å². The van der Waals surface area contributed by atoms with Crippen LogP contribution < -0.4 is 5.73 Å². The molecule has 17 heavy (non-hydrogen) atoms. The van der Waals surface area contributed by atoms with Crippen LogP contribution in [0.2, 0.25) is 0 Å². The van der Waals surface area contributed by atoms with Crippen LogP contribution in [0.25, 0.3) is 9.40 Å². The van der Waals surface area contributed by atoms with Gasteiger partial charge in [0, 0.05) is 15.1 Å². The molecule has 0 radical (unpaired) electrons. The zero-order valence-corrected chi connectivity index (χ0v) is 10.6. The first-order valence-electron chi connectivity index (χ1n) is 4.96. The van der Waals surface area contributed by atoms with Gasteiger partial charge < -0.3 is 5.73 Å². The summed E-state index contributed by atoms with van der Waals surface area (Å²) in [6.07, 6.45) is 0. The quantitative estimate of drug-likeness (QED) is 0.617. The van der Waals surface area contributed by atoms with Gasteiger partial charge >= 0.3 is 0 Å². The lowest BCUT2D eigenvalue weighted by atomic mass is 10.2. The second-order valence-electron chi connectivity index (χ2n) is 3.27. The number of hydrogen-bond donors (Lipinski definition) is 1. The van der Waals surface area contributed by atoms with Crippen LogP contribution in [0.5, 0.6) is 0 Å². The van der Waals surface area contributed by atoms with Gasteiger partial charge in [-0.1, -0.05) is 12.1 Å². The maximum absolute atomic E-state index is 8.39. The minimum absolute atomic E-state index is 0.539. The molecule has 3 aromatic rings. The number of para-hydroxylation sites is 1. The van der Waals surface area contributed by atoms with E-state index >= 15 is 0 Å². The van der Waals surface area contributed by atoms with Crippen LogP contribution in [-0.2, 0) is 0 Å². The molecule has 2 N–H and O–H groups in total. The third-order valence-electron chi connectivity index (χ3n) is 2.15. The normalized spacial score (nSPS) is 9.35. The molecule has 2 nitrogen and oxygen atoms in total. The molecular weight excluding hydrogens is 248 g/mol. The maximum Gasteiger partial charge on any atom is 0.101 e. The van der Waals surface area contributed by atoms with E-state index in [0.717, 1.165) is 0 Å². The fourth-order valence-electron chi connectivity index (χ4n) is 1.30. The highest BCUT2D eigenvalue weighted by atomic mass is 32.1. The zero-order chi connectivity index (χ0) is 12.1. The second-order valence-corrected chi connectivity index (χ2v) is 5.16. The summed E-state index contributed by atoms with van der Waals surface area (Å²) in [4.78, 5) is 0. The Morgan fingerprint density at radius 3 is 2.00 bits per heavy atom. The van der Waals surface area contributed by atoms with Crippen LogP contribution in [0.3, 0.4) is 0 Å². The molecule has 2 heterocycles. The Hall–Kier alpha value is -1.83. The Kier molecular flexibility index (Phi) is 3.76. The van der Waals surface area contributed by atoms with Crippen molar-refractivity contribution in [2.75, 3.05) is 5.73 Å². The number of rotatable bonds is 0. The number of thiophene rings is 2. The van der Waals surface area contributed by atoms with Gasteiger partial charge in [-0.2, -0.15) is 5.26 Å². The number of nitriles is 1. The minimum atomic E-state index is 0.539. The summed E-state index contributed by atoms with van der Waals surface area (Å²) in [5.74, 6) is 0. The van der Waals surface area contributed by atoms with Crippen molar-refractivity contribution < 1.29 is 0 Å². The predicted octanol–water partition coefficient (Wildman–Crippen LogP) is 4.10. The van der Waals surface area contributed by atoms with Crippen LogP contribution in [0.15, 0.2) is 47.2 Å². The van der Waals surface area contributed by atoms with Crippen LogP contribution in [0, 0.1) is 11.3 Å².